The number of para-hydroxylation sites is 1. The SMILES string of the molecule is Cc1ccccc1NC(=O)N1CCN(c2cc(-n3cnc(C)c3C)ncn2)CC1. The summed E-state index contributed by atoms with van der Waals surface area (Å²) < 4.78 is 1.96. The number of carbonyl (C=O) groups is 1. The molecule has 29 heavy (non-hydrogen) atoms. The highest BCUT2D eigenvalue weighted by Crippen LogP contribution is 2.19. The van der Waals surface area contributed by atoms with Gasteiger partial charge in [0, 0.05) is 43.6 Å². The van der Waals surface area contributed by atoms with Gasteiger partial charge < -0.3 is 15.1 Å². The minimum absolute atomic E-state index is 0.0631. The molecule has 150 valence electrons. The lowest BCUT2D eigenvalue weighted by molar-refractivity contribution is 0.208. The van der Waals surface area contributed by atoms with Crippen LogP contribution in [0.25, 0.3) is 5.82 Å². The number of hydrogen-bond donors (Lipinski definition) is 1. The van der Waals surface area contributed by atoms with Gasteiger partial charge in [0.1, 0.15) is 24.3 Å². The average molecular weight is 391 g/mol. The molecule has 1 aliphatic heterocycles. The smallest absolute Gasteiger partial charge is 0.321 e. The number of piperazine rings is 1. The number of amides is 2. The molecule has 0 unspecified atom stereocenters. The van der Waals surface area contributed by atoms with Crippen molar-refractivity contribution in [2.24, 2.45) is 0 Å². The second kappa shape index (κ2) is 7.90. The Hall–Kier alpha value is -3.42. The first-order valence-electron chi connectivity index (χ1n) is 9.72. The van der Waals surface area contributed by atoms with Gasteiger partial charge >= 0.3 is 6.03 Å². The Morgan fingerprint density at radius 1 is 0.966 bits per heavy atom. The first kappa shape index (κ1) is 18.9. The van der Waals surface area contributed by atoms with Crippen molar-refractivity contribution in [1.82, 2.24) is 24.4 Å². The fourth-order valence-corrected chi connectivity index (χ4v) is 3.42. The largest absolute Gasteiger partial charge is 0.353 e. The topological polar surface area (TPSA) is 79.2 Å². The van der Waals surface area contributed by atoms with Gasteiger partial charge in [-0.1, -0.05) is 18.2 Å². The molecule has 0 spiro atoms. The maximum atomic E-state index is 12.6. The van der Waals surface area contributed by atoms with Crippen molar-refractivity contribution in [1.29, 1.82) is 0 Å². The summed E-state index contributed by atoms with van der Waals surface area (Å²) in [6.45, 7) is 8.72. The highest BCUT2D eigenvalue weighted by atomic mass is 16.2. The van der Waals surface area contributed by atoms with Crippen LogP contribution in [0.15, 0.2) is 43.0 Å². The first-order valence-corrected chi connectivity index (χ1v) is 9.72. The maximum absolute atomic E-state index is 12.6. The highest BCUT2D eigenvalue weighted by Gasteiger charge is 2.22. The number of hydrogen-bond acceptors (Lipinski definition) is 5. The van der Waals surface area contributed by atoms with Crippen LogP contribution in [-0.2, 0) is 0 Å². The second-order valence-electron chi connectivity index (χ2n) is 7.24. The number of carbonyl (C=O) groups excluding carboxylic acids is 1. The molecule has 1 aliphatic rings. The van der Waals surface area contributed by atoms with Crippen LogP contribution in [0.3, 0.4) is 0 Å². The summed E-state index contributed by atoms with van der Waals surface area (Å²) in [6.07, 6.45) is 3.36. The summed E-state index contributed by atoms with van der Waals surface area (Å²) in [7, 11) is 0. The van der Waals surface area contributed by atoms with Gasteiger partial charge in [-0.25, -0.2) is 19.7 Å². The normalized spacial score (nSPS) is 14.2. The van der Waals surface area contributed by atoms with Crippen molar-refractivity contribution < 1.29 is 4.79 Å². The molecular formula is C21H25N7O. The van der Waals surface area contributed by atoms with Crippen molar-refractivity contribution in [2.75, 3.05) is 36.4 Å². The van der Waals surface area contributed by atoms with E-state index in [0.717, 1.165) is 47.4 Å². The van der Waals surface area contributed by atoms with Crippen LogP contribution >= 0.6 is 0 Å². The Morgan fingerprint density at radius 2 is 1.69 bits per heavy atom. The fourth-order valence-electron chi connectivity index (χ4n) is 3.42. The number of imidazole rings is 1. The lowest BCUT2D eigenvalue weighted by atomic mass is 10.2. The van der Waals surface area contributed by atoms with Crippen LogP contribution in [-0.4, -0.2) is 56.6 Å². The maximum Gasteiger partial charge on any atom is 0.321 e. The minimum atomic E-state index is -0.0631. The molecule has 0 saturated carbocycles. The standard InChI is InChI=1S/C21H25N7O/c1-15-6-4-5-7-18(15)25-21(29)27-10-8-26(9-11-27)19-12-20(23-13-22-19)28-14-24-16(2)17(28)3/h4-7,12-14H,8-11H2,1-3H3,(H,25,29). The van der Waals surface area contributed by atoms with E-state index in [0.29, 0.717) is 13.1 Å². The van der Waals surface area contributed by atoms with Crippen LogP contribution < -0.4 is 10.2 Å². The Morgan fingerprint density at radius 3 is 2.38 bits per heavy atom. The molecule has 3 heterocycles. The molecule has 0 atom stereocenters. The van der Waals surface area contributed by atoms with Crippen LogP contribution in [0.2, 0.25) is 0 Å². The van der Waals surface area contributed by atoms with E-state index in [1.54, 1.807) is 12.7 Å². The number of aromatic nitrogens is 4. The molecule has 3 aromatic rings. The average Bonchev–Trinajstić information content (AvgIpc) is 3.08. The minimum Gasteiger partial charge on any atom is -0.353 e. The van der Waals surface area contributed by atoms with Crippen molar-refractivity contribution in [2.45, 2.75) is 20.8 Å². The number of nitrogens with one attached hydrogen (secondary N) is 1. The number of anilines is 2. The summed E-state index contributed by atoms with van der Waals surface area (Å²) in [6, 6.07) is 9.71. The molecule has 0 radical (unpaired) electrons. The molecule has 0 bridgehead atoms. The zero-order chi connectivity index (χ0) is 20.4. The van der Waals surface area contributed by atoms with E-state index in [1.165, 1.54) is 0 Å². The summed E-state index contributed by atoms with van der Waals surface area (Å²) in [5.41, 5.74) is 3.95. The van der Waals surface area contributed by atoms with Gasteiger partial charge in [-0.15, -0.1) is 0 Å². The van der Waals surface area contributed by atoms with Gasteiger partial charge in [0.15, 0.2) is 0 Å². The van der Waals surface area contributed by atoms with Gasteiger partial charge in [-0.3, -0.25) is 4.57 Å². The van der Waals surface area contributed by atoms with Gasteiger partial charge in [0.05, 0.1) is 5.69 Å². The zero-order valence-electron chi connectivity index (χ0n) is 17.0. The summed E-state index contributed by atoms with van der Waals surface area (Å²) in [4.78, 5) is 29.8. The van der Waals surface area contributed by atoms with E-state index in [2.05, 4.69) is 25.2 Å². The zero-order valence-corrected chi connectivity index (χ0v) is 17.0. The van der Waals surface area contributed by atoms with Gasteiger partial charge in [0.25, 0.3) is 0 Å². The number of urea groups is 1. The van der Waals surface area contributed by atoms with Crippen LogP contribution in [0.1, 0.15) is 17.0 Å². The summed E-state index contributed by atoms with van der Waals surface area (Å²) >= 11 is 0. The highest BCUT2D eigenvalue weighted by molar-refractivity contribution is 5.90. The molecule has 8 nitrogen and oxygen atoms in total. The predicted molar refractivity (Wildman–Crippen MR) is 113 cm³/mol. The number of nitrogens with zero attached hydrogens (tertiary/aromatic N) is 6. The summed E-state index contributed by atoms with van der Waals surface area (Å²) in [5.74, 6) is 1.66. The Bertz CT molecular complexity index is 1020. The van der Waals surface area contributed by atoms with E-state index in [9.17, 15) is 4.79 Å². The van der Waals surface area contributed by atoms with Crippen molar-refractivity contribution in [3.63, 3.8) is 0 Å². The van der Waals surface area contributed by atoms with E-state index >= 15 is 0 Å². The number of rotatable bonds is 3. The monoisotopic (exact) mass is 391 g/mol. The van der Waals surface area contributed by atoms with Crippen molar-refractivity contribution in [3.8, 4) is 5.82 Å². The fraction of sp³-hybridized carbons (Fsp3) is 0.333. The van der Waals surface area contributed by atoms with Crippen molar-refractivity contribution >= 4 is 17.5 Å². The molecule has 8 heteroatoms. The van der Waals surface area contributed by atoms with E-state index in [-0.39, 0.29) is 6.03 Å². The van der Waals surface area contributed by atoms with E-state index < -0.39 is 0 Å². The molecule has 1 aromatic carbocycles. The molecule has 1 N–H and O–H groups in total. The Kier molecular flexibility index (Phi) is 5.16. The molecule has 4 rings (SSSR count). The second-order valence-corrected chi connectivity index (χ2v) is 7.24. The molecule has 2 amide bonds. The third-order valence-electron chi connectivity index (χ3n) is 5.41. The third-order valence-corrected chi connectivity index (χ3v) is 5.41. The first-order chi connectivity index (χ1) is 14.0. The molecule has 1 saturated heterocycles. The van der Waals surface area contributed by atoms with Crippen LogP contribution in [0.4, 0.5) is 16.3 Å². The van der Waals surface area contributed by atoms with E-state index in [1.807, 2.05) is 60.6 Å². The number of benzene rings is 1. The van der Waals surface area contributed by atoms with Crippen molar-refractivity contribution in [3.05, 3.63) is 59.9 Å². The molecular weight excluding hydrogens is 366 g/mol. The molecule has 0 aliphatic carbocycles. The van der Waals surface area contributed by atoms with Gasteiger partial charge in [-0.05, 0) is 32.4 Å². The van der Waals surface area contributed by atoms with Gasteiger partial charge in [-0.2, -0.15) is 0 Å². The van der Waals surface area contributed by atoms with Gasteiger partial charge in [0.2, 0.25) is 0 Å². The lowest BCUT2D eigenvalue weighted by Crippen LogP contribution is -2.50. The number of aryl methyl sites for hydroxylation is 2. The Balaban J connectivity index is 1.41. The quantitative estimate of drug-likeness (QED) is 0.743. The molecule has 2 aromatic heterocycles. The van der Waals surface area contributed by atoms with Crippen LogP contribution in [0.5, 0.6) is 0 Å². The van der Waals surface area contributed by atoms with E-state index in [4.69, 9.17) is 0 Å². The lowest BCUT2D eigenvalue weighted by Gasteiger charge is -2.35. The Labute approximate surface area is 170 Å². The molecule has 1 fully saturated rings. The predicted octanol–water partition coefficient (Wildman–Crippen LogP) is 2.94. The summed E-state index contributed by atoms with van der Waals surface area (Å²) in [5, 5.41) is 3.01. The third kappa shape index (κ3) is 3.91. The van der Waals surface area contributed by atoms with Crippen LogP contribution in [0, 0.1) is 20.8 Å².